The highest BCUT2D eigenvalue weighted by Gasteiger charge is 2.42. The van der Waals surface area contributed by atoms with Gasteiger partial charge in [-0.15, -0.1) is 0 Å². The van der Waals surface area contributed by atoms with Crippen molar-refractivity contribution in [3.05, 3.63) is 34.9 Å². The first-order valence-electron chi connectivity index (χ1n) is 5.31. The second-order valence-electron chi connectivity index (χ2n) is 4.38. The van der Waals surface area contributed by atoms with E-state index in [1.807, 2.05) is 24.3 Å². The van der Waals surface area contributed by atoms with Crippen LogP contribution >= 0.6 is 11.6 Å². The van der Waals surface area contributed by atoms with Crippen LogP contribution in [0.15, 0.2) is 24.3 Å². The molecule has 1 aliphatic rings. The molecular formula is C12H16ClNO. The molecule has 0 radical (unpaired) electrons. The molecule has 1 saturated carbocycles. The van der Waals surface area contributed by atoms with Gasteiger partial charge in [0.05, 0.1) is 6.10 Å². The molecule has 0 saturated heterocycles. The van der Waals surface area contributed by atoms with Crippen LogP contribution < -0.4 is 5.73 Å². The molecule has 1 atom stereocenters. The van der Waals surface area contributed by atoms with Gasteiger partial charge < -0.3 is 10.8 Å². The Hall–Kier alpha value is -0.570. The second kappa shape index (κ2) is 4.12. The Labute approximate surface area is 95.1 Å². The van der Waals surface area contributed by atoms with E-state index in [1.165, 1.54) is 0 Å². The molecule has 0 bridgehead atoms. The maximum absolute atomic E-state index is 10.3. The van der Waals surface area contributed by atoms with Crippen molar-refractivity contribution in [2.45, 2.75) is 25.4 Å². The summed E-state index contributed by atoms with van der Waals surface area (Å²) in [5.74, 6) is 0. The summed E-state index contributed by atoms with van der Waals surface area (Å²) in [7, 11) is 0. The van der Waals surface area contributed by atoms with Gasteiger partial charge in [0, 0.05) is 17.0 Å². The normalized spacial score (nSPS) is 20.7. The van der Waals surface area contributed by atoms with Crippen molar-refractivity contribution in [1.29, 1.82) is 0 Å². The Balaban J connectivity index is 2.23. The molecule has 2 rings (SSSR count). The molecule has 0 aliphatic heterocycles. The standard InChI is InChI=1S/C12H16ClNO/c13-10-4-1-3-9(7-10)11(15)12(8-14)5-2-6-12/h1,3-4,7,11,15H,2,5-6,8,14H2. The smallest absolute Gasteiger partial charge is 0.0858 e. The fourth-order valence-corrected chi connectivity index (χ4v) is 2.45. The maximum Gasteiger partial charge on any atom is 0.0858 e. The summed E-state index contributed by atoms with van der Waals surface area (Å²) >= 11 is 5.90. The Bertz CT molecular complexity index is 344. The van der Waals surface area contributed by atoms with Gasteiger partial charge in [0.2, 0.25) is 0 Å². The van der Waals surface area contributed by atoms with Crippen LogP contribution in [-0.2, 0) is 0 Å². The van der Waals surface area contributed by atoms with Gasteiger partial charge in [-0.25, -0.2) is 0 Å². The number of aliphatic hydroxyl groups is 1. The topological polar surface area (TPSA) is 46.2 Å². The lowest BCUT2D eigenvalue weighted by molar-refractivity contribution is -0.0296. The summed E-state index contributed by atoms with van der Waals surface area (Å²) in [6.07, 6.45) is 2.71. The fraction of sp³-hybridized carbons (Fsp3) is 0.500. The van der Waals surface area contributed by atoms with E-state index in [0.29, 0.717) is 11.6 Å². The summed E-state index contributed by atoms with van der Waals surface area (Å²) in [6.45, 7) is 0.542. The Morgan fingerprint density at radius 1 is 1.47 bits per heavy atom. The number of aliphatic hydroxyl groups excluding tert-OH is 1. The van der Waals surface area contributed by atoms with Gasteiger partial charge in [0.15, 0.2) is 0 Å². The number of hydrogen-bond donors (Lipinski definition) is 2. The first-order valence-corrected chi connectivity index (χ1v) is 5.69. The van der Waals surface area contributed by atoms with Gasteiger partial charge in [-0.1, -0.05) is 30.2 Å². The van der Waals surface area contributed by atoms with Gasteiger partial charge in [-0.05, 0) is 30.5 Å². The number of rotatable bonds is 3. The van der Waals surface area contributed by atoms with Crippen molar-refractivity contribution in [2.75, 3.05) is 6.54 Å². The van der Waals surface area contributed by atoms with E-state index in [-0.39, 0.29) is 5.41 Å². The molecule has 82 valence electrons. The number of benzene rings is 1. The SMILES string of the molecule is NCC1(C(O)c2cccc(Cl)c2)CCC1. The predicted octanol–water partition coefficient (Wildman–Crippen LogP) is 2.50. The number of nitrogens with two attached hydrogens (primary N) is 1. The Morgan fingerprint density at radius 2 is 2.20 bits per heavy atom. The minimum atomic E-state index is -0.477. The molecular weight excluding hydrogens is 210 g/mol. The highest BCUT2D eigenvalue weighted by molar-refractivity contribution is 6.30. The summed E-state index contributed by atoms with van der Waals surface area (Å²) < 4.78 is 0. The van der Waals surface area contributed by atoms with Crippen LogP contribution in [0.4, 0.5) is 0 Å². The molecule has 1 fully saturated rings. The van der Waals surface area contributed by atoms with Gasteiger partial charge in [0.1, 0.15) is 0 Å². The molecule has 0 amide bonds. The van der Waals surface area contributed by atoms with Crippen LogP contribution in [0.2, 0.25) is 5.02 Å². The van der Waals surface area contributed by atoms with Crippen LogP contribution in [0.3, 0.4) is 0 Å². The van der Waals surface area contributed by atoms with Crippen LogP contribution in [-0.4, -0.2) is 11.7 Å². The minimum absolute atomic E-state index is 0.106. The van der Waals surface area contributed by atoms with Crippen molar-refractivity contribution in [3.8, 4) is 0 Å². The van der Waals surface area contributed by atoms with Crippen LogP contribution in [0, 0.1) is 5.41 Å². The van der Waals surface area contributed by atoms with Crippen molar-refractivity contribution >= 4 is 11.6 Å². The maximum atomic E-state index is 10.3. The molecule has 1 aromatic carbocycles. The lowest BCUT2D eigenvalue weighted by Crippen LogP contribution is -2.42. The molecule has 3 heteroatoms. The monoisotopic (exact) mass is 225 g/mol. The predicted molar refractivity (Wildman–Crippen MR) is 61.8 cm³/mol. The Kier molecular flexibility index (Phi) is 3.01. The highest BCUT2D eigenvalue weighted by atomic mass is 35.5. The van der Waals surface area contributed by atoms with Crippen molar-refractivity contribution in [1.82, 2.24) is 0 Å². The second-order valence-corrected chi connectivity index (χ2v) is 4.81. The van der Waals surface area contributed by atoms with Gasteiger partial charge >= 0.3 is 0 Å². The molecule has 2 nitrogen and oxygen atoms in total. The van der Waals surface area contributed by atoms with E-state index in [1.54, 1.807) is 0 Å². The van der Waals surface area contributed by atoms with Crippen molar-refractivity contribution in [3.63, 3.8) is 0 Å². The van der Waals surface area contributed by atoms with Crippen molar-refractivity contribution in [2.24, 2.45) is 11.1 Å². The zero-order valence-electron chi connectivity index (χ0n) is 8.62. The average Bonchev–Trinajstić information content (AvgIpc) is 2.17. The summed E-state index contributed by atoms with van der Waals surface area (Å²) in [6, 6.07) is 7.41. The third-order valence-electron chi connectivity index (χ3n) is 3.50. The third-order valence-corrected chi connectivity index (χ3v) is 3.74. The van der Waals surface area contributed by atoms with E-state index in [0.717, 1.165) is 24.8 Å². The molecule has 1 aromatic rings. The molecule has 15 heavy (non-hydrogen) atoms. The lowest BCUT2D eigenvalue weighted by atomic mass is 9.63. The lowest BCUT2D eigenvalue weighted by Gasteiger charge is -2.44. The quantitative estimate of drug-likeness (QED) is 0.831. The summed E-state index contributed by atoms with van der Waals surface area (Å²) in [4.78, 5) is 0. The molecule has 0 spiro atoms. The highest BCUT2D eigenvalue weighted by Crippen LogP contribution is 2.49. The summed E-state index contributed by atoms with van der Waals surface area (Å²) in [5.41, 5.74) is 6.53. The van der Waals surface area contributed by atoms with Crippen LogP contribution in [0.5, 0.6) is 0 Å². The van der Waals surface area contributed by atoms with Crippen LogP contribution in [0.25, 0.3) is 0 Å². The molecule has 3 N–H and O–H groups in total. The zero-order chi connectivity index (χ0) is 10.9. The number of halogens is 1. The molecule has 0 heterocycles. The first-order chi connectivity index (χ1) is 7.18. The molecule has 1 unspecified atom stereocenters. The van der Waals surface area contributed by atoms with Gasteiger partial charge in [-0.2, -0.15) is 0 Å². The molecule has 0 aromatic heterocycles. The molecule has 1 aliphatic carbocycles. The average molecular weight is 226 g/mol. The van der Waals surface area contributed by atoms with E-state index in [9.17, 15) is 5.11 Å². The third kappa shape index (κ3) is 1.89. The minimum Gasteiger partial charge on any atom is -0.388 e. The van der Waals surface area contributed by atoms with Gasteiger partial charge in [-0.3, -0.25) is 0 Å². The zero-order valence-corrected chi connectivity index (χ0v) is 9.37. The van der Waals surface area contributed by atoms with E-state index in [2.05, 4.69) is 0 Å². The van der Waals surface area contributed by atoms with E-state index >= 15 is 0 Å². The first kappa shape index (κ1) is 10.9. The van der Waals surface area contributed by atoms with Crippen molar-refractivity contribution < 1.29 is 5.11 Å². The van der Waals surface area contributed by atoms with E-state index < -0.39 is 6.10 Å². The van der Waals surface area contributed by atoms with Gasteiger partial charge in [0.25, 0.3) is 0 Å². The summed E-state index contributed by atoms with van der Waals surface area (Å²) in [5, 5.41) is 10.9. The number of hydrogen-bond acceptors (Lipinski definition) is 2. The van der Waals surface area contributed by atoms with Crippen LogP contribution in [0.1, 0.15) is 30.9 Å². The fourth-order valence-electron chi connectivity index (χ4n) is 2.25. The Morgan fingerprint density at radius 3 is 2.67 bits per heavy atom. The largest absolute Gasteiger partial charge is 0.388 e. The van der Waals surface area contributed by atoms with E-state index in [4.69, 9.17) is 17.3 Å².